The average Bonchev–Trinajstić information content (AvgIpc) is 3.04. The number of nitrogens with zero attached hydrogens (tertiary/aromatic N) is 1. The molecule has 0 atom stereocenters. The Morgan fingerprint density at radius 3 is 2.62 bits per heavy atom. The minimum absolute atomic E-state index is 0.281. The fourth-order valence-electron chi connectivity index (χ4n) is 2.33. The molecule has 1 aromatic heterocycles. The summed E-state index contributed by atoms with van der Waals surface area (Å²) in [5, 5.41) is 2.94. The van der Waals surface area contributed by atoms with Crippen LogP contribution in [0.1, 0.15) is 11.3 Å². The number of aromatic nitrogens is 1. The molecule has 0 aliphatic carbocycles. The molecule has 2 aromatic carbocycles. The van der Waals surface area contributed by atoms with Crippen molar-refractivity contribution in [3.63, 3.8) is 0 Å². The molecule has 1 heterocycles. The SMILES string of the molecule is Cc1cccc(-c2nc(CCNS(=O)(=O)c3ccccc3)cs2)c1. The van der Waals surface area contributed by atoms with Gasteiger partial charge in [-0.25, -0.2) is 18.1 Å². The number of nitrogens with one attached hydrogen (secondary N) is 1. The lowest BCUT2D eigenvalue weighted by atomic mass is 10.1. The first-order valence-corrected chi connectivity index (χ1v) is 9.97. The number of benzene rings is 2. The third-order valence-electron chi connectivity index (χ3n) is 3.54. The molecule has 0 spiro atoms. The standard InChI is InChI=1S/C18H18N2O2S2/c1-14-6-5-7-15(12-14)18-20-16(13-23-18)10-11-19-24(21,22)17-8-3-2-4-9-17/h2-9,12-13,19H,10-11H2,1H3. The highest BCUT2D eigenvalue weighted by atomic mass is 32.2. The Morgan fingerprint density at radius 2 is 1.88 bits per heavy atom. The second kappa shape index (κ2) is 7.25. The summed E-state index contributed by atoms with van der Waals surface area (Å²) < 4.78 is 26.9. The molecule has 124 valence electrons. The zero-order chi connectivity index (χ0) is 17.0. The van der Waals surface area contributed by atoms with Crippen molar-refractivity contribution in [1.29, 1.82) is 0 Å². The van der Waals surface area contributed by atoms with Crippen LogP contribution in [0.5, 0.6) is 0 Å². The molecule has 0 unspecified atom stereocenters. The van der Waals surface area contributed by atoms with Crippen LogP contribution in [0.25, 0.3) is 10.6 Å². The summed E-state index contributed by atoms with van der Waals surface area (Å²) in [6.07, 6.45) is 0.564. The lowest BCUT2D eigenvalue weighted by molar-refractivity contribution is 0.581. The van der Waals surface area contributed by atoms with Gasteiger partial charge in [0.1, 0.15) is 5.01 Å². The maximum atomic E-state index is 12.2. The van der Waals surface area contributed by atoms with E-state index in [2.05, 4.69) is 28.8 Å². The van der Waals surface area contributed by atoms with Crippen LogP contribution < -0.4 is 4.72 Å². The maximum absolute atomic E-state index is 12.2. The van der Waals surface area contributed by atoms with Gasteiger partial charge in [-0.15, -0.1) is 11.3 Å². The van der Waals surface area contributed by atoms with E-state index in [-0.39, 0.29) is 4.90 Å². The number of rotatable bonds is 6. The Kier molecular flexibility index (Phi) is 5.08. The number of sulfonamides is 1. The largest absolute Gasteiger partial charge is 0.241 e. The Balaban J connectivity index is 1.62. The van der Waals surface area contributed by atoms with E-state index in [4.69, 9.17) is 0 Å². The Labute approximate surface area is 146 Å². The molecule has 0 aliphatic rings. The van der Waals surface area contributed by atoms with Crippen molar-refractivity contribution in [2.75, 3.05) is 6.54 Å². The Hall–Kier alpha value is -2.02. The molecule has 4 nitrogen and oxygen atoms in total. The first-order chi connectivity index (χ1) is 11.5. The van der Waals surface area contributed by atoms with Gasteiger partial charge in [-0.2, -0.15) is 0 Å². The van der Waals surface area contributed by atoms with Crippen LogP contribution in [0, 0.1) is 6.92 Å². The lowest BCUT2D eigenvalue weighted by Crippen LogP contribution is -2.26. The van der Waals surface area contributed by atoms with Gasteiger partial charge in [-0.05, 0) is 25.1 Å². The van der Waals surface area contributed by atoms with Gasteiger partial charge in [-0.3, -0.25) is 0 Å². The fourth-order valence-corrected chi connectivity index (χ4v) is 4.23. The van der Waals surface area contributed by atoms with Gasteiger partial charge < -0.3 is 0 Å². The highest BCUT2D eigenvalue weighted by molar-refractivity contribution is 7.89. The molecule has 0 amide bonds. The van der Waals surface area contributed by atoms with Gasteiger partial charge in [-0.1, -0.05) is 42.0 Å². The fraction of sp³-hybridized carbons (Fsp3) is 0.167. The predicted octanol–water partition coefficient (Wildman–Crippen LogP) is 3.64. The van der Waals surface area contributed by atoms with Gasteiger partial charge in [0.2, 0.25) is 10.0 Å². The maximum Gasteiger partial charge on any atom is 0.240 e. The van der Waals surface area contributed by atoms with Crippen molar-refractivity contribution < 1.29 is 8.42 Å². The minimum atomic E-state index is -3.46. The van der Waals surface area contributed by atoms with Crippen LogP contribution in [0.15, 0.2) is 64.9 Å². The van der Waals surface area contributed by atoms with Crippen molar-refractivity contribution >= 4 is 21.4 Å². The van der Waals surface area contributed by atoms with Crippen LogP contribution >= 0.6 is 11.3 Å². The van der Waals surface area contributed by atoms with Crippen LogP contribution in [0.2, 0.25) is 0 Å². The summed E-state index contributed by atoms with van der Waals surface area (Å²) >= 11 is 1.58. The van der Waals surface area contributed by atoms with E-state index in [0.717, 1.165) is 16.3 Å². The van der Waals surface area contributed by atoms with Gasteiger partial charge >= 0.3 is 0 Å². The zero-order valence-corrected chi connectivity index (χ0v) is 14.9. The van der Waals surface area contributed by atoms with Gasteiger partial charge in [0.25, 0.3) is 0 Å². The zero-order valence-electron chi connectivity index (χ0n) is 13.3. The van der Waals surface area contributed by atoms with E-state index in [1.165, 1.54) is 5.56 Å². The summed E-state index contributed by atoms with van der Waals surface area (Å²) in [7, 11) is -3.46. The van der Waals surface area contributed by atoms with Crippen LogP contribution in [0.3, 0.4) is 0 Å². The number of hydrogen-bond acceptors (Lipinski definition) is 4. The monoisotopic (exact) mass is 358 g/mol. The van der Waals surface area contributed by atoms with Gasteiger partial charge in [0.05, 0.1) is 10.6 Å². The van der Waals surface area contributed by atoms with E-state index in [9.17, 15) is 8.42 Å². The molecular weight excluding hydrogens is 340 g/mol. The predicted molar refractivity (Wildman–Crippen MR) is 97.6 cm³/mol. The summed E-state index contributed by atoms with van der Waals surface area (Å²) in [4.78, 5) is 4.88. The summed E-state index contributed by atoms with van der Waals surface area (Å²) in [6, 6.07) is 16.6. The van der Waals surface area contributed by atoms with E-state index >= 15 is 0 Å². The molecule has 0 aliphatic heterocycles. The molecule has 0 saturated heterocycles. The van der Waals surface area contributed by atoms with E-state index < -0.39 is 10.0 Å². The van der Waals surface area contributed by atoms with Crippen LogP contribution in [-0.2, 0) is 16.4 Å². The summed E-state index contributed by atoms with van der Waals surface area (Å²) in [5.74, 6) is 0. The molecule has 0 bridgehead atoms. The number of thiazole rings is 1. The summed E-state index contributed by atoms with van der Waals surface area (Å²) in [6.45, 7) is 2.38. The topological polar surface area (TPSA) is 59.1 Å². The first kappa shape index (κ1) is 16.8. The molecule has 6 heteroatoms. The molecule has 0 saturated carbocycles. The molecule has 3 aromatic rings. The lowest BCUT2D eigenvalue weighted by Gasteiger charge is -2.05. The number of hydrogen-bond donors (Lipinski definition) is 1. The highest BCUT2D eigenvalue weighted by Gasteiger charge is 2.13. The van der Waals surface area contributed by atoms with Crippen molar-refractivity contribution in [3.05, 3.63) is 71.2 Å². The summed E-state index contributed by atoms with van der Waals surface area (Å²) in [5.41, 5.74) is 3.18. The normalized spacial score (nSPS) is 11.5. The van der Waals surface area contributed by atoms with Crippen molar-refractivity contribution in [2.45, 2.75) is 18.2 Å². The minimum Gasteiger partial charge on any atom is -0.241 e. The smallest absolute Gasteiger partial charge is 0.240 e. The number of aryl methyl sites for hydroxylation is 1. The quantitative estimate of drug-likeness (QED) is 0.732. The Bertz CT molecular complexity index is 919. The van der Waals surface area contributed by atoms with Crippen molar-refractivity contribution in [3.8, 4) is 10.6 Å². The van der Waals surface area contributed by atoms with Crippen molar-refractivity contribution in [2.24, 2.45) is 0 Å². The van der Waals surface area contributed by atoms with E-state index in [1.807, 2.05) is 17.5 Å². The first-order valence-electron chi connectivity index (χ1n) is 7.61. The second-order valence-electron chi connectivity index (χ2n) is 5.47. The molecular formula is C18H18N2O2S2. The molecule has 0 fully saturated rings. The van der Waals surface area contributed by atoms with E-state index in [0.29, 0.717) is 13.0 Å². The highest BCUT2D eigenvalue weighted by Crippen LogP contribution is 2.24. The van der Waals surface area contributed by atoms with Gasteiger partial charge in [0, 0.05) is 23.9 Å². The molecule has 3 rings (SSSR count). The van der Waals surface area contributed by atoms with Crippen molar-refractivity contribution in [1.82, 2.24) is 9.71 Å². The Morgan fingerprint density at radius 1 is 1.08 bits per heavy atom. The molecule has 24 heavy (non-hydrogen) atoms. The van der Waals surface area contributed by atoms with E-state index in [1.54, 1.807) is 41.7 Å². The third kappa shape index (κ3) is 4.08. The molecule has 0 radical (unpaired) electrons. The van der Waals surface area contributed by atoms with Crippen LogP contribution in [0.4, 0.5) is 0 Å². The average molecular weight is 358 g/mol. The molecule has 1 N–H and O–H groups in total. The van der Waals surface area contributed by atoms with Crippen LogP contribution in [-0.4, -0.2) is 19.9 Å². The second-order valence-corrected chi connectivity index (χ2v) is 8.10. The third-order valence-corrected chi connectivity index (χ3v) is 5.96. The van der Waals surface area contributed by atoms with Gasteiger partial charge in [0.15, 0.2) is 0 Å².